The zero-order chi connectivity index (χ0) is 13.4. The molecule has 102 valence electrons. The topological polar surface area (TPSA) is 35.2 Å². The van der Waals surface area contributed by atoms with E-state index in [1.807, 2.05) is 24.8 Å². The molecule has 0 amide bonds. The molecule has 18 heavy (non-hydrogen) atoms. The van der Waals surface area contributed by atoms with Crippen LogP contribution in [-0.4, -0.2) is 24.2 Å². The van der Waals surface area contributed by atoms with E-state index in [4.69, 9.17) is 10.5 Å². The SMILES string of the molecule is CCSCCCOc1c(F)cccc1CC(C)N. The Bertz CT molecular complexity index is 358. The second kappa shape index (κ2) is 8.38. The summed E-state index contributed by atoms with van der Waals surface area (Å²) in [4.78, 5) is 0. The molecule has 0 aliphatic rings. The van der Waals surface area contributed by atoms with E-state index < -0.39 is 0 Å². The average Bonchev–Trinajstić information content (AvgIpc) is 2.31. The number of thioether (sulfide) groups is 1. The Kier molecular flexibility index (Phi) is 7.13. The van der Waals surface area contributed by atoms with Gasteiger partial charge in [0.1, 0.15) is 0 Å². The maximum Gasteiger partial charge on any atom is 0.165 e. The predicted molar refractivity (Wildman–Crippen MR) is 76.9 cm³/mol. The molecular formula is C14H22FNOS. The van der Waals surface area contributed by atoms with Crippen molar-refractivity contribution in [2.75, 3.05) is 18.1 Å². The number of para-hydroxylation sites is 1. The molecule has 4 heteroatoms. The van der Waals surface area contributed by atoms with Gasteiger partial charge < -0.3 is 10.5 Å². The van der Waals surface area contributed by atoms with E-state index in [1.54, 1.807) is 6.07 Å². The van der Waals surface area contributed by atoms with E-state index in [-0.39, 0.29) is 11.9 Å². The summed E-state index contributed by atoms with van der Waals surface area (Å²) in [5.41, 5.74) is 6.61. The fraction of sp³-hybridized carbons (Fsp3) is 0.571. The molecule has 2 nitrogen and oxygen atoms in total. The van der Waals surface area contributed by atoms with Gasteiger partial charge in [-0.05, 0) is 42.9 Å². The minimum absolute atomic E-state index is 0.00444. The van der Waals surface area contributed by atoms with Crippen LogP contribution >= 0.6 is 11.8 Å². The standard InChI is InChI=1S/C14H22FNOS/c1-3-18-9-5-8-17-14-12(10-11(2)16)6-4-7-13(14)15/h4,6-7,11H,3,5,8-10,16H2,1-2H3. The second-order valence-corrected chi connectivity index (χ2v) is 5.70. The molecule has 0 aliphatic heterocycles. The number of hydrogen-bond donors (Lipinski definition) is 1. The van der Waals surface area contributed by atoms with Gasteiger partial charge in [-0.25, -0.2) is 4.39 Å². The highest BCUT2D eigenvalue weighted by Gasteiger charge is 2.11. The lowest BCUT2D eigenvalue weighted by Gasteiger charge is -2.13. The average molecular weight is 271 g/mol. The molecule has 1 atom stereocenters. The molecule has 0 aromatic heterocycles. The summed E-state index contributed by atoms with van der Waals surface area (Å²) >= 11 is 1.87. The van der Waals surface area contributed by atoms with Crippen molar-refractivity contribution in [1.29, 1.82) is 0 Å². The van der Waals surface area contributed by atoms with Crippen LogP contribution in [0, 0.1) is 5.82 Å². The van der Waals surface area contributed by atoms with Crippen LogP contribution < -0.4 is 10.5 Å². The zero-order valence-electron chi connectivity index (χ0n) is 11.1. The monoisotopic (exact) mass is 271 g/mol. The molecule has 0 saturated carbocycles. The number of benzene rings is 1. The van der Waals surface area contributed by atoms with Gasteiger partial charge in [-0.3, -0.25) is 0 Å². The number of halogens is 1. The normalized spacial score (nSPS) is 12.4. The van der Waals surface area contributed by atoms with Crippen LogP contribution in [0.2, 0.25) is 0 Å². The molecular weight excluding hydrogens is 249 g/mol. The zero-order valence-corrected chi connectivity index (χ0v) is 11.9. The van der Waals surface area contributed by atoms with E-state index in [1.165, 1.54) is 6.07 Å². The van der Waals surface area contributed by atoms with E-state index >= 15 is 0 Å². The summed E-state index contributed by atoms with van der Waals surface area (Å²) < 4.78 is 19.3. The van der Waals surface area contributed by atoms with Crippen molar-refractivity contribution >= 4 is 11.8 Å². The van der Waals surface area contributed by atoms with Crippen LogP contribution in [0.4, 0.5) is 4.39 Å². The molecule has 0 saturated heterocycles. The van der Waals surface area contributed by atoms with Crippen LogP contribution in [0.15, 0.2) is 18.2 Å². The predicted octanol–water partition coefficient (Wildman–Crippen LogP) is 3.24. The molecule has 0 fully saturated rings. The van der Waals surface area contributed by atoms with Gasteiger partial charge in [0, 0.05) is 6.04 Å². The third-order valence-electron chi connectivity index (χ3n) is 2.47. The minimum atomic E-state index is -0.295. The maximum atomic E-state index is 13.7. The van der Waals surface area contributed by atoms with Crippen molar-refractivity contribution in [3.05, 3.63) is 29.6 Å². The lowest BCUT2D eigenvalue weighted by atomic mass is 10.1. The van der Waals surface area contributed by atoms with Crippen molar-refractivity contribution in [1.82, 2.24) is 0 Å². The Labute approximate surface area is 113 Å². The van der Waals surface area contributed by atoms with E-state index in [0.29, 0.717) is 18.8 Å². The smallest absolute Gasteiger partial charge is 0.165 e. The molecule has 1 rings (SSSR count). The molecule has 1 aromatic rings. The highest BCUT2D eigenvalue weighted by atomic mass is 32.2. The van der Waals surface area contributed by atoms with Gasteiger partial charge >= 0.3 is 0 Å². The van der Waals surface area contributed by atoms with Gasteiger partial charge in [0.15, 0.2) is 11.6 Å². The van der Waals surface area contributed by atoms with Crippen LogP contribution in [0.3, 0.4) is 0 Å². The second-order valence-electron chi connectivity index (χ2n) is 4.31. The summed E-state index contributed by atoms with van der Waals surface area (Å²) in [7, 11) is 0. The maximum absolute atomic E-state index is 13.7. The van der Waals surface area contributed by atoms with Gasteiger partial charge in [0.2, 0.25) is 0 Å². The summed E-state index contributed by atoms with van der Waals surface area (Å²) in [5, 5.41) is 0. The lowest BCUT2D eigenvalue weighted by molar-refractivity contribution is 0.298. The third kappa shape index (κ3) is 5.27. The fourth-order valence-electron chi connectivity index (χ4n) is 1.70. The van der Waals surface area contributed by atoms with Crippen LogP contribution in [-0.2, 0) is 6.42 Å². The molecule has 2 N–H and O–H groups in total. The highest BCUT2D eigenvalue weighted by Crippen LogP contribution is 2.24. The lowest BCUT2D eigenvalue weighted by Crippen LogP contribution is -2.18. The summed E-state index contributed by atoms with van der Waals surface area (Å²) in [6, 6.07) is 5.01. The number of rotatable bonds is 8. The van der Waals surface area contributed by atoms with Crippen LogP contribution in [0.25, 0.3) is 0 Å². The Morgan fingerprint density at radius 3 is 2.89 bits per heavy atom. The first-order chi connectivity index (χ1) is 8.65. The van der Waals surface area contributed by atoms with Gasteiger partial charge in [-0.2, -0.15) is 11.8 Å². The third-order valence-corrected chi connectivity index (χ3v) is 3.46. The Balaban J connectivity index is 2.56. The van der Waals surface area contributed by atoms with Crippen molar-refractivity contribution in [2.24, 2.45) is 5.73 Å². The van der Waals surface area contributed by atoms with Crippen molar-refractivity contribution in [3.8, 4) is 5.75 Å². The first kappa shape index (κ1) is 15.3. The molecule has 1 unspecified atom stereocenters. The summed E-state index contributed by atoms with van der Waals surface area (Å²) in [6.07, 6.45) is 1.57. The summed E-state index contributed by atoms with van der Waals surface area (Å²) in [5.74, 6) is 2.23. The number of nitrogens with two attached hydrogens (primary N) is 1. The van der Waals surface area contributed by atoms with E-state index in [2.05, 4.69) is 6.92 Å². The van der Waals surface area contributed by atoms with Gasteiger partial charge in [0.25, 0.3) is 0 Å². The van der Waals surface area contributed by atoms with E-state index in [0.717, 1.165) is 23.5 Å². The molecule has 0 bridgehead atoms. The van der Waals surface area contributed by atoms with Gasteiger partial charge in [-0.1, -0.05) is 19.1 Å². The number of hydrogen-bond acceptors (Lipinski definition) is 3. The van der Waals surface area contributed by atoms with E-state index in [9.17, 15) is 4.39 Å². The molecule has 1 aromatic carbocycles. The Hall–Kier alpha value is -0.740. The van der Waals surface area contributed by atoms with Crippen molar-refractivity contribution in [3.63, 3.8) is 0 Å². The van der Waals surface area contributed by atoms with Crippen molar-refractivity contribution < 1.29 is 9.13 Å². The quantitative estimate of drug-likeness (QED) is 0.737. The fourth-order valence-corrected chi connectivity index (χ4v) is 2.31. The van der Waals surface area contributed by atoms with Gasteiger partial charge in [-0.15, -0.1) is 0 Å². The van der Waals surface area contributed by atoms with Crippen LogP contribution in [0.5, 0.6) is 5.75 Å². The number of ether oxygens (including phenoxy) is 1. The Morgan fingerprint density at radius 1 is 1.44 bits per heavy atom. The first-order valence-electron chi connectivity index (χ1n) is 6.38. The summed E-state index contributed by atoms with van der Waals surface area (Å²) in [6.45, 7) is 4.59. The van der Waals surface area contributed by atoms with Crippen molar-refractivity contribution in [2.45, 2.75) is 32.7 Å². The molecule has 0 heterocycles. The first-order valence-corrected chi connectivity index (χ1v) is 7.54. The highest BCUT2D eigenvalue weighted by molar-refractivity contribution is 7.99. The molecule has 0 spiro atoms. The minimum Gasteiger partial charge on any atom is -0.490 e. The Morgan fingerprint density at radius 2 is 2.22 bits per heavy atom. The molecule has 0 aliphatic carbocycles. The largest absolute Gasteiger partial charge is 0.490 e. The van der Waals surface area contributed by atoms with Gasteiger partial charge in [0.05, 0.1) is 6.61 Å². The van der Waals surface area contributed by atoms with Crippen LogP contribution in [0.1, 0.15) is 25.8 Å². The molecule has 0 radical (unpaired) electrons.